The number of nitrogens with one attached hydrogen (secondary N) is 2. The van der Waals surface area contributed by atoms with Gasteiger partial charge < -0.3 is 15.4 Å². The molecule has 0 saturated heterocycles. The van der Waals surface area contributed by atoms with Crippen molar-refractivity contribution in [3.8, 4) is 0 Å². The van der Waals surface area contributed by atoms with Gasteiger partial charge in [-0.15, -0.1) is 0 Å². The van der Waals surface area contributed by atoms with Crippen LogP contribution in [0.5, 0.6) is 0 Å². The summed E-state index contributed by atoms with van der Waals surface area (Å²) in [5.41, 5.74) is 2.06. The van der Waals surface area contributed by atoms with E-state index < -0.39 is 0 Å². The van der Waals surface area contributed by atoms with Crippen molar-refractivity contribution in [3.63, 3.8) is 0 Å². The van der Waals surface area contributed by atoms with Crippen LogP contribution in [0, 0.1) is 6.92 Å². The van der Waals surface area contributed by atoms with E-state index in [1.165, 1.54) is 13.4 Å². The molecule has 6 heteroatoms. The van der Waals surface area contributed by atoms with E-state index in [-0.39, 0.29) is 5.97 Å². The molecule has 0 saturated carbocycles. The van der Waals surface area contributed by atoms with Gasteiger partial charge in [0.1, 0.15) is 18.0 Å². The lowest BCUT2D eigenvalue weighted by molar-refractivity contribution is 0.0601. The summed E-state index contributed by atoms with van der Waals surface area (Å²) >= 11 is 0. The zero-order valence-corrected chi connectivity index (χ0v) is 11.9. The number of hydrogen-bond acceptors (Lipinski definition) is 6. The first-order valence-electron chi connectivity index (χ1n) is 6.30. The van der Waals surface area contributed by atoms with Crippen LogP contribution in [0.25, 0.3) is 0 Å². The number of esters is 1. The van der Waals surface area contributed by atoms with Gasteiger partial charge in [-0.1, -0.05) is 12.6 Å². The molecule has 2 aromatic rings. The number of benzene rings is 1. The van der Waals surface area contributed by atoms with E-state index in [0.29, 0.717) is 17.2 Å². The lowest BCUT2D eigenvalue weighted by Crippen LogP contribution is -2.04. The second-order valence-corrected chi connectivity index (χ2v) is 4.24. The third-order valence-corrected chi connectivity index (χ3v) is 2.87. The molecule has 2 rings (SSSR count). The molecule has 0 atom stereocenters. The van der Waals surface area contributed by atoms with Crippen molar-refractivity contribution in [2.24, 2.45) is 0 Å². The van der Waals surface area contributed by atoms with Crippen molar-refractivity contribution in [1.29, 1.82) is 0 Å². The second-order valence-electron chi connectivity index (χ2n) is 4.24. The summed E-state index contributed by atoms with van der Waals surface area (Å²) in [7, 11) is 1.35. The van der Waals surface area contributed by atoms with Gasteiger partial charge in [0.05, 0.1) is 12.7 Å². The van der Waals surface area contributed by atoms with Crippen molar-refractivity contribution in [2.75, 3.05) is 17.7 Å². The Labute approximate surface area is 122 Å². The second kappa shape index (κ2) is 6.51. The molecule has 1 aromatic heterocycles. The standard InChI is InChI=1S/C15H16N4O2/c1-4-16-13-10(2)14(18-9-17-13)19-12-7-5-6-11(8-12)15(20)21-3/h4-9H,1H2,2-3H3,(H2,16,17,18,19). The molecule has 1 heterocycles. The van der Waals surface area contributed by atoms with Crippen LogP contribution in [0.4, 0.5) is 17.3 Å². The van der Waals surface area contributed by atoms with Gasteiger partial charge in [-0.2, -0.15) is 0 Å². The molecule has 0 unspecified atom stereocenters. The fourth-order valence-electron chi connectivity index (χ4n) is 1.80. The van der Waals surface area contributed by atoms with Gasteiger partial charge in [-0.25, -0.2) is 14.8 Å². The summed E-state index contributed by atoms with van der Waals surface area (Å²) in [5, 5.41) is 6.10. The van der Waals surface area contributed by atoms with Crippen molar-refractivity contribution < 1.29 is 9.53 Å². The number of anilines is 3. The van der Waals surface area contributed by atoms with E-state index >= 15 is 0 Å². The number of methoxy groups -OCH3 is 1. The van der Waals surface area contributed by atoms with Crippen molar-refractivity contribution in [1.82, 2.24) is 9.97 Å². The summed E-state index contributed by atoms with van der Waals surface area (Å²) < 4.78 is 4.70. The maximum Gasteiger partial charge on any atom is 0.337 e. The van der Waals surface area contributed by atoms with Crippen LogP contribution < -0.4 is 10.6 Å². The Morgan fingerprint density at radius 2 is 2.10 bits per heavy atom. The number of hydrogen-bond donors (Lipinski definition) is 2. The molecule has 0 fully saturated rings. The third-order valence-electron chi connectivity index (χ3n) is 2.87. The van der Waals surface area contributed by atoms with Crippen LogP contribution in [0.15, 0.2) is 43.4 Å². The molecule has 0 aliphatic rings. The van der Waals surface area contributed by atoms with E-state index in [1.807, 2.05) is 13.0 Å². The van der Waals surface area contributed by atoms with Crippen LogP contribution in [0.2, 0.25) is 0 Å². The minimum atomic E-state index is -0.382. The Bertz CT molecular complexity index is 670. The average molecular weight is 284 g/mol. The highest BCUT2D eigenvalue weighted by molar-refractivity contribution is 5.90. The van der Waals surface area contributed by atoms with Gasteiger partial charge >= 0.3 is 5.97 Å². The SMILES string of the molecule is C=CNc1ncnc(Nc2cccc(C(=O)OC)c2)c1C. The van der Waals surface area contributed by atoms with Crippen LogP contribution in [0.1, 0.15) is 15.9 Å². The van der Waals surface area contributed by atoms with Crippen molar-refractivity contribution in [2.45, 2.75) is 6.92 Å². The van der Waals surface area contributed by atoms with Crippen LogP contribution in [-0.4, -0.2) is 23.0 Å². The minimum Gasteiger partial charge on any atom is -0.465 e. The highest BCUT2D eigenvalue weighted by atomic mass is 16.5. The first kappa shape index (κ1) is 14.5. The molecule has 1 aromatic carbocycles. The topological polar surface area (TPSA) is 76.1 Å². The number of rotatable bonds is 5. The normalized spacial score (nSPS) is 9.81. The van der Waals surface area contributed by atoms with E-state index in [1.54, 1.807) is 24.4 Å². The van der Waals surface area contributed by atoms with Crippen LogP contribution in [0.3, 0.4) is 0 Å². The van der Waals surface area contributed by atoms with Crippen LogP contribution >= 0.6 is 0 Å². The fraction of sp³-hybridized carbons (Fsp3) is 0.133. The first-order chi connectivity index (χ1) is 10.2. The van der Waals surface area contributed by atoms with E-state index in [4.69, 9.17) is 4.74 Å². The highest BCUT2D eigenvalue weighted by Gasteiger charge is 2.09. The minimum absolute atomic E-state index is 0.382. The lowest BCUT2D eigenvalue weighted by Gasteiger charge is -2.11. The molecular weight excluding hydrogens is 268 g/mol. The number of aromatic nitrogens is 2. The summed E-state index contributed by atoms with van der Waals surface area (Å²) in [5.74, 6) is 0.940. The lowest BCUT2D eigenvalue weighted by atomic mass is 10.2. The first-order valence-corrected chi connectivity index (χ1v) is 6.30. The quantitative estimate of drug-likeness (QED) is 0.822. The number of nitrogens with zero attached hydrogens (tertiary/aromatic N) is 2. The molecule has 108 valence electrons. The van der Waals surface area contributed by atoms with Crippen molar-refractivity contribution >= 4 is 23.3 Å². The molecule has 2 N–H and O–H groups in total. The number of carbonyl (C=O) groups is 1. The van der Waals surface area contributed by atoms with Gasteiger partial charge in [0, 0.05) is 11.3 Å². The maximum absolute atomic E-state index is 11.5. The third kappa shape index (κ3) is 3.36. The van der Waals surface area contributed by atoms with E-state index in [2.05, 4.69) is 27.2 Å². The molecule has 0 bridgehead atoms. The molecule has 6 nitrogen and oxygen atoms in total. The number of ether oxygens (including phenoxy) is 1. The van der Waals surface area contributed by atoms with Gasteiger partial charge in [0.25, 0.3) is 0 Å². The van der Waals surface area contributed by atoms with E-state index in [0.717, 1.165) is 11.3 Å². The summed E-state index contributed by atoms with van der Waals surface area (Å²) in [4.78, 5) is 19.8. The summed E-state index contributed by atoms with van der Waals surface area (Å²) in [6.07, 6.45) is 3.00. The largest absolute Gasteiger partial charge is 0.465 e. The average Bonchev–Trinajstić information content (AvgIpc) is 2.51. The molecule has 0 aliphatic carbocycles. The van der Waals surface area contributed by atoms with Gasteiger partial charge in [-0.05, 0) is 31.3 Å². The maximum atomic E-state index is 11.5. The fourth-order valence-corrected chi connectivity index (χ4v) is 1.80. The smallest absolute Gasteiger partial charge is 0.337 e. The van der Waals surface area contributed by atoms with Gasteiger partial charge in [0.15, 0.2) is 0 Å². The highest BCUT2D eigenvalue weighted by Crippen LogP contribution is 2.23. The van der Waals surface area contributed by atoms with Gasteiger partial charge in [-0.3, -0.25) is 0 Å². The Balaban J connectivity index is 2.28. The van der Waals surface area contributed by atoms with Gasteiger partial charge in [0.2, 0.25) is 0 Å². The predicted octanol–water partition coefficient (Wildman–Crippen LogP) is 2.87. The summed E-state index contributed by atoms with van der Waals surface area (Å²) in [6.45, 7) is 5.50. The Morgan fingerprint density at radius 1 is 1.33 bits per heavy atom. The summed E-state index contributed by atoms with van der Waals surface area (Å²) in [6, 6.07) is 7.01. The predicted molar refractivity (Wildman–Crippen MR) is 81.7 cm³/mol. The Kier molecular flexibility index (Phi) is 4.50. The van der Waals surface area contributed by atoms with Crippen LogP contribution in [-0.2, 0) is 4.74 Å². The Hall–Kier alpha value is -2.89. The molecular formula is C15H16N4O2. The monoisotopic (exact) mass is 284 g/mol. The zero-order valence-electron chi connectivity index (χ0n) is 11.9. The number of carbonyl (C=O) groups excluding carboxylic acids is 1. The zero-order chi connectivity index (χ0) is 15.2. The van der Waals surface area contributed by atoms with E-state index in [9.17, 15) is 4.79 Å². The Morgan fingerprint density at radius 3 is 2.81 bits per heavy atom. The molecule has 0 radical (unpaired) electrons. The molecule has 0 aliphatic heterocycles. The molecule has 0 amide bonds. The molecule has 0 spiro atoms. The molecule has 21 heavy (non-hydrogen) atoms. The van der Waals surface area contributed by atoms with Crippen molar-refractivity contribution in [3.05, 3.63) is 54.5 Å².